The third-order valence-electron chi connectivity index (χ3n) is 4.53. The largest absolute Gasteiger partial charge is 0.458 e. The highest BCUT2D eigenvalue weighted by atomic mass is 16.6. The Morgan fingerprint density at radius 1 is 1.09 bits per heavy atom. The Hall–Kier alpha value is -3.20. The first-order valence-corrected chi connectivity index (χ1v) is 10.8. The summed E-state index contributed by atoms with van der Waals surface area (Å²) in [5.41, 5.74) is 5.59. The first kappa shape index (κ1) is 25.1. The van der Waals surface area contributed by atoms with Crippen molar-refractivity contribution < 1.29 is 19.1 Å². The molecule has 32 heavy (non-hydrogen) atoms. The quantitative estimate of drug-likeness (QED) is 0.309. The van der Waals surface area contributed by atoms with Gasteiger partial charge >= 0.3 is 5.97 Å². The van der Waals surface area contributed by atoms with Crippen molar-refractivity contribution in [3.8, 4) is 0 Å². The molecule has 0 radical (unpaired) electrons. The number of carbonyl (C=O) groups is 3. The molecule has 0 saturated heterocycles. The molecule has 1 aromatic carbocycles. The number of ether oxygens (including phenoxy) is 1. The van der Waals surface area contributed by atoms with Crippen LogP contribution in [0.3, 0.4) is 0 Å². The monoisotopic (exact) mass is 443 g/mol. The third kappa shape index (κ3) is 8.14. The van der Waals surface area contributed by atoms with E-state index in [2.05, 4.69) is 20.6 Å². The minimum atomic E-state index is -0.937. The van der Waals surface area contributed by atoms with Gasteiger partial charge in [0.2, 0.25) is 0 Å². The number of hydrogen-bond acceptors (Lipinski definition) is 6. The highest BCUT2D eigenvalue weighted by Crippen LogP contribution is 2.13. The van der Waals surface area contributed by atoms with Gasteiger partial charge in [0, 0.05) is 13.0 Å². The molecule has 0 aliphatic rings. The van der Waals surface area contributed by atoms with Crippen LogP contribution in [0.2, 0.25) is 0 Å². The molecule has 0 spiro atoms. The molecule has 1 heterocycles. The van der Waals surface area contributed by atoms with E-state index in [1.807, 2.05) is 30.3 Å². The average Bonchev–Trinajstić information content (AvgIpc) is 3.23. The maximum Gasteiger partial charge on any atom is 0.329 e. The molecule has 9 nitrogen and oxygen atoms in total. The van der Waals surface area contributed by atoms with Crippen molar-refractivity contribution in [3.63, 3.8) is 0 Å². The number of H-pyrrole nitrogens is 1. The predicted octanol–water partition coefficient (Wildman–Crippen LogP) is 1.95. The number of imidazole rings is 1. The minimum Gasteiger partial charge on any atom is -0.458 e. The number of aromatic nitrogens is 2. The van der Waals surface area contributed by atoms with E-state index >= 15 is 0 Å². The zero-order valence-corrected chi connectivity index (χ0v) is 18.9. The van der Waals surface area contributed by atoms with Crippen LogP contribution in [0, 0.1) is 0 Å². The fourth-order valence-electron chi connectivity index (χ4n) is 3.02. The van der Waals surface area contributed by atoms with Crippen LogP contribution in [0.5, 0.6) is 0 Å². The minimum absolute atomic E-state index is 0.0453. The lowest BCUT2D eigenvalue weighted by Gasteiger charge is -2.24. The second-order valence-electron chi connectivity index (χ2n) is 8.48. The van der Waals surface area contributed by atoms with Gasteiger partial charge in [-0.1, -0.05) is 36.8 Å². The highest BCUT2D eigenvalue weighted by Gasteiger charge is 2.29. The molecule has 2 rings (SSSR count). The maximum absolute atomic E-state index is 12.9. The molecule has 0 bridgehead atoms. The number of aromatic amines is 1. The molecule has 2 amide bonds. The Kier molecular flexibility index (Phi) is 9.39. The van der Waals surface area contributed by atoms with E-state index in [-0.39, 0.29) is 17.8 Å². The Morgan fingerprint density at radius 2 is 1.81 bits per heavy atom. The molecule has 0 unspecified atom stereocenters. The number of benzene rings is 1. The summed E-state index contributed by atoms with van der Waals surface area (Å²) in [5, 5.41) is 5.44. The van der Waals surface area contributed by atoms with Gasteiger partial charge in [0.15, 0.2) is 5.69 Å². The SMILES string of the molecule is CC(C)(C)OC(=O)[C@H](Cc1ccccc1)NC(=O)c1nc[nH]c1C(=O)NCCCCCN. The van der Waals surface area contributed by atoms with Crippen LogP contribution in [0.15, 0.2) is 36.7 Å². The predicted molar refractivity (Wildman–Crippen MR) is 121 cm³/mol. The molecule has 9 heteroatoms. The van der Waals surface area contributed by atoms with Crippen LogP contribution in [-0.2, 0) is 16.0 Å². The first-order valence-electron chi connectivity index (χ1n) is 10.8. The first-order chi connectivity index (χ1) is 15.2. The number of hydrogen-bond donors (Lipinski definition) is 4. The van der Waals surface area contributed by atoms with Crippen molar-refractivity contribution in [2.45, 2.75) is 58.1 Å². The summed E-state index contributed by atoms with van der Waals surface area (Å²) in [7, 11) is 0. The number of carbonyl (C=O) groups excluding carboxylic acids is 3. The number of rotatable bonds is 11. The summed E-state index contributed by atoms with van der Waals surface area (Å²) in [4.78, 5) is 44.9. The fraction of sp³-hybridized carbons (Fsp3) is 0.478. The number of unbranched alkanes of at least 4 members (excludes halogenated alkanes) is 2. The molecule has 0 aliphatic carbocycles. The summed E-state index contributed by atoms with van der Waals surface area (Å²) in [6.07, 6.45) is 4.11. The van der Waals surface area contributed by atoms with Crippen LogP contribution < -0.4 is 16.4 Å². The molecule has 5 N–H and O–H groups in total. The van der Waals surface area contributed by atoms with Crippen molar-refractivity contribution in [2.24, 2.45) is 5.73 Å². The van der Waals surface area contributed by atoms with Gasteiger partial charge in [-0.15, -0.1) is 0 Å². The normalized spacial score (nSPS) is 12.1. The van der Waals surface area contributed by atoms with Gasteiger partial charge in [0.05, 0.1) is 6.33 Å². The van der Waals surface area contributed by atoms with E-state index in [1.54, 1.807) is 20.8 Å². The van der Waals surface area contributed by atoms with E-state index in [0.29, 0.717) is 13.1 Å². The van der Waals surface area contributed by atoms with Gasteiger partial charge in [-0.3, -0.25) is 9.59 Å². The number of esters is 1. The van der Waals surface area contributed by atoms with E-state index in [0.717, 1.165) is 24.8 Å². The lowest BCUT2D eigenvalue weighted by Crippen LogP contribution is -2.46. The van der Waals surface area contributed by atoms with Gasteiger partial charge in [-0.2, -0.15) is 0 Å². The van der Waals surface area contributed by atoms with Gasteiger partial charge < -0.3 is 26.1 Å². The standard InChI is InChI=1S/C23H33N5O4/c1-23(2,3)32-22(31)17(14-16-10-6-4-7-11-16)28-21(30)19-18(26-15-27-19)20(29)25-13-9-5-8-12-24/h4,6-7,10-11,15,17H,5,8-9,12-14,24H2,1-3H3,(H,25,29)(H,26,27)(H,28,30)/t17-/m0/s1. The number of amides is 2. The fourth-order valence-corrected chi connectivity index (χ4v) is 3.02. The van der Waals surface area contributed by atoms with Crippen LogP contribution in [0.25, 0.3) is 0 Å². The lowest BCUT2D eigenvalue weighted by molar-refractivity contribution is -0.157. The summed E-state index contributed by atoms with van der Waals surface area (Å²) < 4.78 is 5.48. The number of nitrogens with two attached hydrogens (primary N) is 1. The van der Waals surface area contributed by atoms with Crippen molar-refractivity contribution in [1.82, 2.24) is 20.6 Å². The summed E-state index contributed by atoms with van der Waals surface area (Å²) in [5.74, 6) is -1.63. The van der Waals surface area contributed by atoms with Crippen molar-refractivity contribution >= 4 is 17.8 Å². The molecular formula is C23H33N5O4. The molecule has 174 valence electrons. The van der Waals surface area contributed by atoms with Crippen molar-refractivity contribution in [3.05, 3.63) is 53.6 Å². The van der Waals surface area contributed by atoms with Crippen LogP contribution in [0.1, 0.15) is 66.6 Å². The highest BCUT2D eigenvalue weighted by molar-refractivity contribution is 6.05. The number of nitrogens with one attached hydrogen (secondary N) is 3. The van der Waals surface area contributed by atoms with Crippen molar-refractivity contribution in [1.29, 1.82) is 0 Å². The van der Waals surface area contributed by atoms with Gasteiger partial charge in [-0.05, 0) is 45.7 Å². The molecular weight excluding hydrogens is 410 g/mol. The van der Waals surface area contributed by atoms with Crippen LogP contribution in [-0.4, -0.2) is 52.5 Å². The van der Waals surface area contributed by atoms with Gasteiger partial charge in [-0.25, -0.2) is 9.78 Å². The maximum atomic E-state index is 12.9. The van der Waals surface area contributed by atoms with E-state index < -0.39 is 29.4 Å². The second-order valence-corrected chi connectivity index (χ2v) is 8.48. The zero-order valence-electron chi connectivity index (χ0n) is 18.9. The van der Waals surface area contributed by atoms with Gasteiger partial charge in [0.1, 0.15) is 17.3 Å². The third-order valence-corrected chi connectivity index (χ3v) is 4.53. The molecule has 0 saturated carbocycles. The summed E-state index contributed by atoms with van der Waals surface area (Å²) in [6, 6.07) is 8.37. The Balaban J connectivity index is 2.10. The lowest BCUT2D eigenvalue weighted by atomic mass is 10.1. The van der Waals surface area contributed by atoms with E-state index in [1.165, 1.54) is 6.33 Å². The number of nitrogens with zero attached hydrogens (tertiary/aromatic N) is 1. The van der Waals surface area contributed by atoms with E-state index in [4.69, 9.17) is 10.5 Å². The van der Waals surface area contributed by atoms with Crippen molar-refractivity contribution in [2.75, 3.05) is 13.1 Å². The Bertz CT molecular complexity index is 889. The zero-order chi connectivity index (χ0) is 23.6. The summed E-state index contributed by atoms with van der Waals surface area (Å²) in [6.45, 7) is 6.36. The smallest absolute Gasteiger partial charge is 0.329 e. The summed E-state index contributed by atoms with van der Waals surface area (Å²) >= 11 is 0. The average molecular weight is 444 g/mol. The Labute approximate surface area is 188 Å². The molecule has 1 atom stereocenters. The van der Waals surface area contributed by atoms with Gasteiger partial charge in [0.25, 0.3) is 11.8 Å². The molecule has 2 aromatic rings. The second kappa shape index (κ2) is 12.0. The topological polar surface area (TPSA) is 139 Å². The molecule has 0 fully saturated rings. The van der Waals surface area contributed by atoms with Crippen LogP contribution >= 0.6 is 0 Å². The van der Waals surface area contributed by atoms with E-state index in [9.17, 15) is 14.4 Å². The molecule has 1 aromatic heterocycles. The van der Waals surface area contributed by atoms with Crippen LogP contribution in [0.4, 0.5) is 0 Å². The molecule has 0 aliphatic heterocycles. The Morgan fingerprint density at radius 3 is 2.47 bits per heavy atom.